The minimum atomic E-state index is -0.320. The number of hydrogen-bond acceptors (Lipinski definition) is 4. The van der Waals surface area contributed by atoms with E-state index in [1.54, 1.807) is 28.4 Å². The lowest BCUT2D eigenvalue weighted by molar-refractivity contribution is -0.138. The highest BCUT2D eigenvalue weighted by Gasteiger charge is 2.30. The molecule has 3 rings (SSSR count). The van der Waals surface area contributed by atoms with Gasteiger partial charge in [-0.15, -0.1) is 11.3 Å². The number of halogens is 1. The third-order valence-electron chi connectivity index (χ3n) is 4.63. The van der Waals surface area contributed by atoms with Crippen molar-refractivity contribution in [3.05, 3.63) is 51.7 Å². The van der Waals surface area contributed by atoms with E-state index in [0.29, 0.717) is 32.5 Å². The molecule has 1 N–H and O–H groups in total. The highest BCUT2D eigenvalue weighted by Crippen LogP contribution is 2.20. The first kappa shape index (κ1) is 18.5. The minimum absolute atomic E-state index is 0.0126. The maximum Gasteiger partial charge on any atom is 0.224 e. The monoisotopic (exact) mass is 375 g/mol. The highest BCUT2D eigenvalue weighted by atomic mass is 32.1. The topological polar surface area (TPSA) is 62.3 Å². The Bertz CT molecular complexity index is 793. The molecular formula is C19H22FN3O2S. The number of likely N-dealkylation sites (tertiary alicyclic amines) is 1. The van der Waals surface area contributed by atoms with Crippen molar-refractivity contribution in [1.29, 1.82) is 0 Å². The van der Waals surface area contributed by atoms with Crippen LogP contribution in [-0.2, 0) is 22.6 Å². The van der Waals surface area contributed by atoms with Gasteiger partial charge >= 0.3 is 0 Å². The summed E-state index contributed by atoms with van der Waals surface area (Å²) in [5.74, 6) is -0.550. The average Bonchev–Trinajstić information content (AvgIpc) is 3.02. The Morgan fingerprint density at radius 1 is 1.46 bits per heavy atom. The molecule has 1 aromatic heterocycles. The van der Waals surface area contributed by atoms with Crippen molar-refractivity contribution in [2.24, 2.45) is 5.92 Å². The lowest BCUT2D eigenvalue weighted by Crippen LogP contribution is -2.45. The van der Waals surface area contributed by atoms with Gasteiger partial charge in [0.2, 0.25) is 11.8 Å². The summed E-state index contributed by atoms with van der Waals surface area (Å²) in [6, 6.07) is 6.22. The molecule has 1 saturated heterocycles. The van der Waals surface area contributed by atoms with Crippen molar-refractivity contribution in [3.63, 3.8) is 0 Å². The number of nitrogens with zero attached hydrogens (tertiary/aromatic N) is 2. The predicted molar refractivity (Wildman–Crippen MR) is 98.1 cm³/mol. The Morgan fingerprint density at radius 3 is 3.04 bits per heavy atom. The lowest BCUT2D eigenvalue weighted by atomic mass is 9.96. The maximum atomic E-state index is 13.3. The van der Waals surface area contributed by atoms with Gasteiger partial charge in [0.05, 0.1) is 17.1 Å². The summed E-state index contributed by atoms with van der Waals surface area (Å²) in [7, 11) is 0. The van der Waals surface area contributed by atoms with Crippen molar-refractivity contribution in [2.75, 3.05) is 13.1 Å². The number of amides is 2. The molecule has 1 fully saturated rings. The van der Waals surface area contributed by atoms with Crippen molar-refractivity contribution >= 4 is 23.2 Å². The van der Waals surface area contributed by atoms with E-state index in [1.807, 2.05) is 12.4 Å². The van der Waals surface area contributed by atoms with Gasteiger partial charge in [-0.2, -0.15) is 0 Å². The zero-order valence-corrected chi connectivity index (χ0v) is 15.5. The quantitative estimate of drug-likeness (QED) is 0.844. The number of benzene rings is 1. The normalized spacial score (nSPS) is 17.4. The summed E-state index contributed by atoms with van der Waals surface area (Å²) in [5.41, 5.74) is 3.55. The Kier molecular flexibility index (Phi) is 5.98. The van der Waals surface area contributed by atoms with Crippen LogP contribution >= 0.6 is 11.3 Å². The average molecular weight is 375 g/mol. The second kappa shape index (κ2) is 8.40. The van der Waals surface area contributed by atoms with Gasteiger partial charge in [0.25, 0.3) is 0 Å². The number of aryl methyl sites for hydroxylation is 1. The van der Waals surface area contributed by atoms with Crippen LogP contribution in [0.2, 0.25) is 0 Å². The number of nitrogens with one attached hydrogen (secondary N) is 1. The van der Waals surface area contributed by atoms with Crippen LogP contribution in [-0.4, -0.2) is 34.8 Å². The predicted octanol–water partition coefficient (Wildman–Crippen LogP) is 2.69. The summed E-state index contributed by atoms with van der Waals surface area (Å²) in [4.78, 5) is 31.6. The van der Waals surface area contributed by atoms with E-state index in [-0.39, 0.29) is 23.5 Å². The van der Waals surface area contributed by atoms with Gasteiger partial charge in [-0.05, 0) is 31.0 Å². The van der Waals surface area contributed by atoms with Crippen LogP contribution in [0.1, 0.15) is 29.0 Å². The second-order valence-corrected chi connectivity index (χ2v) is 7.48. The Hall–Kier alpha value is -2.28. The summed E-state index contributed by atoms with van der Waals surface area (Å²) in [6.45, 7) is 3.24. The molecule has 0 spiro atoms. The number of thiazole rings is 1. The van der Waals surface area contributed by atoms with E-state index in [1.165, 1.54) is 17.0 Å². The van der Waals surface area contributed by atoms with Gasteiger partial charge in [0.15, 0.2) is 0 Å². The number of hydrogen-bond donors (Lipinski definition) is 1. The number of carbonyl (C=O) groups is 2. The van der Waals surface area contributed by atoms with Crippen molar-refractivity contribution in [2.45, 2.75) is 32.7 Å². The SMILES string of the molecule is Cc1ncsc1CCNC(=O)[C@H]1CCC(=O)N(Cc2cccc(F)c2)C1. The van der Waals surface area contributed by atoms with Crippen molar-refractivity contribution < 1.29 is 14.0 Å². The maximum absolute atomic E-state index is 13.3. The fourth-order valence-electron chi connectivity index (χ4n) is 3.15. The van der Waals surface area contributed by atoms with E-state index in [0.717, 1.165) is 17.7 Å². The second-order valence-electron chi connectivity index (χ2n) is 6.54. The van der Waals surface area contributed by atoms with Gasteiger partial charge in [-0.1, -0.05) is 12.1 Å². The van der Waals surface area contributed by atoms with Crippen LogP contribution in [0.4, 0.5) is 4.39 Å². The summed E-state index contributed by atoms with van der Waals surface area (Å²) in [6.07, 6.45) is 1.67. The van der Waals surface area contributed by atoms with Gasteiger partial charge in [0, 0.05) is 37.4 Å². The molecule has 2 aromatic rings. The number of piperidine rings is 1. The fraction of sp³-hybridized carbons (Fsp3) is 0.421. The molecule has 1 aliphatic rings. The zero-order valence-electron chi connectivity index (χ0n) is 14.7. The molecule has 138 valence electrons. The van der Waals surface area contributed by atoms with Crippen LogP contribution in [0.5, 0.6) is 0 Å². The third-order valence-corrected chi connectivity index (χ3v) is 5.62. The van der Waals surface area contributed by atoms with E-state index < -0.39 is 0 Å². The molecule has 0 bridgehead atoms. The summed E-state index contributed by atoms with van der Waals surface area (Å²) >= 11 is 1.59. The number of aromatic nitrogens is 1. The molecule has 2 amide bonds. The molecule has 1 atom stereocenters. The molecule has 2 heterocycles. The van der Waals surface area contributed by atoms with Gasteiger partial charge in [-0.25, -0.2) is 9.37 Å². The third kappa shape index (κ3) is 4.66. The Balaban J connectivity index is 1.52. The molecule has 5 nitrogen and oxygen atoms in total. The molecule has 0 unspecified atom stereocenters. The number of carbonyl (C=O) groups excluding carboxylic acids is 2. The molecule has 7 heteroatoms. The molecular weight excluding hydrogens is 353 g/mol. The van der Waals surface area contributed by atoms with E-state index >= 15 is 0 Å². The molecule has 1 aromatic carbocycles. The first-order chi connectivity index (χ1) is 12.5. The van der Waals surface area contributed by atoms with Crippen LogP contribution in [0, 0.1) is 18.7 Å². The summed E-state index contributed by atoms with van der Waals surface area (Å²) < 4.78 is 13.3. The molecule has 0 saturated carbocycles. The number of rotatable bonds is 6. The first-order valence-electron chi connectivity index (χ1n) is 8.72. The van der Waals surface area contributed by atoms with Crippen LogP contribution in [0.25, 0.3) is 0 Å². The smallest absolute Gasteiger partial charge is 0.224 e. The van der Waals surface area contributed by atoms with E-state index in [2.05, 4.69) is 10.3 Å². The van der Waals surface area contributed by atoms with Crippen LogP contribution in [0.3, 0.4) is 0 Å². The Morgan fingerprint density at radius 2 is 2.31 bits per heavy atom. The van der Waals surface area contributed by atoms with Crippen molar-refractivity contribution in [3.8, 4) is 0 Å². The fourth-order valence-corrected chi connectivity index (χ4v) is 3.93. The standard InChI is InChI=1S/C19H22FN3O2S/c1-13-17(26-12-22-13)7-8-21-19(25)15-5-6-18(24)23(11-15)10-14-3-2-4-16(20)9-14/h2-4,9,12,15H,5-8,10-11H2,1H3,(H,21,25)/t15-/m0/s1. The molecule has 1 aliphatic heterocycles. The highest BCUT2D eigenvalue weighted by molar-refractivity contribution is 7.09. The Labute approximate surface area is 156 Å². The molecule has 0 radical (unpaired) electrons. The molecule has 0 aliphatic carbocycles. The van der Waals surface area contributed by atoms with Crippen LogP contribution < -0.4 is 5.32 Å². The van der Waals surface area contributed by atoms with E-state index in [4.69, 9.17) is 0 Å². The van der Waals surface area contributed by atoms with E-state index in [9.17, 15) is 14.0 Å². The van der Waals surface area contributed by atoms with Crippen molar-refractivity contribution in [1.82, 2.24) is 15.2 Å². The van der Waals surface area contributed by atoms with Gasteiger partial charge in [-0.3, -0.25) is 9.59 Å². The van der Waals surface area contributed by atoms with Gasteiger partial charge in [0.1, 0.15) is 5.82 Å². The largest absolute Gasteiger partial charge is 0.355 e. The molecule has 26 heavy (non-hydrogen) atoms. The minimum Gasteiger partial charge on any atom is -0.355 e. The summed E-state index contributed by atoms with van der Waals surface area (Å²) in [5, 5.41) is 2.97. The zero-order chi connectivity index (χ0) is 18.5. The van der Waals surface area contributed by atoms with Crippen LogP contribution in [0.15, 0.2) is 29.8 Å². The van der Waals surface area contributed by atoms with Gasteiger partial charge < -0.3 is 10.2 Å². The first-order valence-corrected chi connectivity index (χ1v) is 9.60. The lowest BCUT2D eigenvalue weighted by Gasteiger charge is -2.32.